The number of rotatable bonds is 3. The maximum Gasteiger partial charge on any atom is 0.0356 e. The molecule has 0 spiro atoms. The fourth-order valence-electron chi connectivity index (χ4n) is 3.56. The van der Waals surface area contributed by atoms with Crippen molar-refractivity contribution >= 4 is 0 Å². The van der Waals surface area contributed by atoms with Crippen LogP contribution in [-0.2, 0) is 0 Å². The molecular weight excluding hydrogens is 222 g/mol. The smallest absolute Gasteiger partial charge is 0.0356 e. The van der Waals surface area contributed by atoms with E-state index in [1.165, 1.54) is 58.3 Å². The Bertz CT molecular complexity index is 261. The van der Waals surface area contributed by atoms with Crippen molar-refractivity contribution < 1.29 is 0 Å². The van der Waals surface area contributed by atoms with Gasteiger partial charge in [0.05, 0.1) is 0 Å². The molecule has 0 aromatic heterocycles. The van der Waals surface area contributed by atoms with Crippen LogP contribution in [0.4, 0.5) is 0 Å². The van der Waals surface area contributed by atoms with Gasteiger partial charge in [0, 0.05) is 12.1 Å². The average molecular weight is 253 g/mol. The van der Waals surface area contributed by atoms with E-state index in [0.717, 1.165) is 6.54 Å². The molecule has 3 nitrogen and oxygen atoms in total. The zero-order chi connectivity index (χ0) is 13.2. The van der Waals surface area contributed by atoms with Crippen molar-refractivity contribution in [2.45, 2.75) is 51.5 Å². The van der Waals surface area contributed by atoms with Crippen LogP contribution in [0.5, 0.6) is 0 Å². The maximum atomic E-state index is 6.15. The molecule has 0 unspecified atom stereocenters. The van der Waals surface area contributed by atoms with Gasteiger partial charge < -0.3 is 10.6 Å². The molecule has 0 aromatic carbocycles. The molecule has 2 N–H and O–H groups in total. The number of nitrogens with two attached hydrogens (primary N) is 1. The van der Waals surface area contributed by atoms with Gasteiger partial charge in [0.1, 0.15) is 0 Å². The SMILES string of the molecule is CCC1(C)CCN(C2(CN)CCN(C)CC2)CC1. The van der Waals surface area contributed by atoms with Gasteiger partial charge in [0.2, 0.25) is 0 Å². The Labute approximate surface area is 113 Å². The summed E-state index contributed by atoms with van der Waals surface area (Å²) >= 11 is 0. The van der Waals surface area contributed by atoms with Crippen LogP contribution in [-0.4, -0.2) is 55.1 Å². The number of likely N-dealkylation sites (tertiary alicyclic amines) is 2. The minimum Gasteiger partial charge on any atom is -0.329 e. The standard InChI is InChI=1S/C15H31N3/c1-4-14(2)5-11-18(12-6-14)15(13-16)7-9-17(3)10-8-15/h4-13,16H2,1-3H3. The third kappa shape index (κ3) is 2.73. The highest BCUT2D eigenvalue weighted by Crippen LogP contribution is 2.38. The van der Waals surface area contributed by atoms with Crippen LogP contribution in [0.15, 0.2) is 0 Å². The average Bonchev–Trinajstić information content (AvgIpc) is 2.41. The second kappa shape index (κ2) is 5.48. The van der Waals surface area contributed by atoms with Gasteiger partial charge in [0.15, 0.2) is 0 Å². The van der Waals surface area contributed by atoms with Crippen molar-refractivity contribution in [3.63, 3.8) is 0 Å². The molecule has 106 valence electrons. The van der Waals surface area contributed by atoms with Crippen LogP contribution < -0.4 is 5.73 Å². The molecule has 0 radical (unpaired) electrons. The summed E-state index contributed by atoms with van der Waals surface area (Å²) in [6.45, 7) is 10.6. The summed E-state index contributed by atoms with van der Waals surface area (Å²) in [6, 6.07) is 0. The molecule has 0 amide bonds. The lowest BCUT2D eigenvalue weighted by Gasteiger charge is -2.52. The van der Waals surface area contributed by atoms with Gasteiger partial charge in [0.25, 0.3) is 0 Å². The van der Waals surface area contributed by atoms with E-state index in [9.17, 15) is 0 Å². The molecule has 2 fully saturated rings. The Hall–Kier alpha value is -0.120. The predicted octanol–water partition coefficient (Wildman–Crippen LogP) is 1.92. The van der Waals surface area contributed by atoms with E-state index < -0.39 is 0 Å². The lowest BCUT2D eigenvalue weighted by molar-refractivity contribution is -0.00936. The fraction of sp³-hybridized carbons (Fsp3) is 1.00. The molecule has 0 aliphatic carbocycles. The normalized spacial score (nSPS) is 29.3. The number of hydrogen-bond donors (Lipinski definition) is 1. The first kappa shape index (κ1) is 14.3. The van der Waals surface area contributed by atoms with E-state index in [1.807, 2.05) is 0 Å². The third-order valence-corrected chi connectivity index (χ3v) is 5.79. The zero-order valence-electron chi connectivity index (χ0n) is 12.5. The summed E-state index contributed by atoms with van der Waals surface area (Å²) in [5.74, 6) is 0. The highest BCUT2D eigenvalue weighted by Gasteiger charge is 2.41. The first-order valence-electron chi connectivity index (χ1n) is 7.67. The van der Waals surface area contributed by atoms with Crippen LogP contribution in [0.3, 0.4) is 0 Å². The summed E-state index contributed by atoms with van der Waals surface area (Å²) in [5.41, 5.74) is 7.04. The van der Waals surface area contributed by atoms with Gasteiger partial charge in [-0.05, 0) is 64.3 Å². The Kier molecular flexibility index (Phi) is 4.35. The molecule has 3 heteroatoms. The van der Waals surface area contributed by atoms with Crippen LogP contribution >= 0.6 is 0 Å². The van der Waals surface area contributed by atoms with Crippen LogP contribution in [0.25, 0.3) is 0 Å². The maximum absolute atomic E-state index is 6.15. The van der Waals surface area contributed by atoms with Crippen molar-refractivity contribution in [3.05, 3.63) is 0 Å². The van der Waals surface area contributed by atoms with Crippen LogP contribution in [0.1, 0.15) is 46.0 Å². The lowest BCUT2D eigenvalue weighted by Crippen LogP contribution is -2.61. The molecular formula is C15H31N3. The summed E-state index contributed by atoms with van der Waals surface area (Å²) in [7, 11) is 2.23. The van der Waals surface area contributed by atoms with E-state index in [0.29, 0.717) is 11.0 Å². The van der Waals surface area contributed by atoms with E-state index in [1.54, 1.807) is 0 Å². The summed E-state index contributed by atoms with van der Waals surface area (Å²) in [5, 5.41) is 0. The second-order valence-corrected chi connectivity index (χ2v) is 6.88. The van der Waals surface area contributed by atoms with Crippen LogP contribution in [0.2, 0.25) is 0 Å². The number of hydrogen-bond acceptors (Lipinski definition) is 3. The molecule has 0 bridgehead atoms. The minimum absolute atomic E-state index is 0.307. The Morgan fingerprint density at radius 3 is 2.00 bits per heavy atom. The zero-order valence-corrected chi connectivity index (χ0v) is 12.5. The monoisotopic (exact) mass is 253 g/mol. The number of piperidine rings is 2. The van der Waals surface area contributed by atoms with Crippen molar-refractivity contribution in [3.8, 4) is 0 Å². The van der Waals surface area contributed by atoms with Gasteiger partial charge in [-0.3, -0.25) is 4.90 Å². The summed E-state index contributed by atoms with van der Waals surface area (Å²) < 4.78 is 0. The van der Waals surface area contributed by atoms with Crippen molar-refractivity contribution in [1.82, 2.24) is 9.80 Å². The lowest BCUT2D eigenvalue weighted by atomic mass is 9.75. The topological polar surface area (TPSA) is 32.5 Å². The van der Waals surface area contributed by atoms with E-state index in [2.05, 4.69) is 30.7 Å². The van der Waals surface area contributed by atoms with Gasteiger partial charge in [-0.2, -0.15) is 0 Å². The fourth-order valence-corrected chi connectivity index (χ4v) is 3.56. The number of nitrogens with zero attached hydrogens (tertiary/aromatic N) is 2. The Balaban J connectivity index is 1.98. The minimum atomic E-state index is 0.307. The first-order chi connectivity index (χ1) is 8.53. The van der Waals surface area contributed by atoms with Gasteiger partial charge >= 0.3 is 0 Å². The highest BCUT2D eigenvalue weighted by molar-refractivity contribution is 4.98. The molecule has 0 aromatic rings. The Morgan fingerprint density at radius 1 is 1.00 bits per heavy atom. The van der Waals surface area contributed by atoms with E-state index in [-0.39, 0.29) is 0 Å². The van der Waals surface area contributed by atoms with E-state index >= 15 is 0 Å². The molecule has 2 heterocycles. The Morgan fingerprint density at radius 2 is 1.56 bits per heavy atom. The quantitative estimate of drug-likeness (QED) is 0.834. The van der Waals surface area contributed by atoms with Gasteiger partial charge in [-0.25, -0.2) is 0 Å². The van der Waals surface area contributed by atoms with Gasteiger partial charge in [-0.15, -0.1) is 0 Å². The van der Waals surface area contributed by atoms with Crippen molar-refractivity contribution in [2.24, 2.45) is 11.1 Å². The molecule has 2 aliphatic rings. The molecule has 18 heavy (non-hydrogen) atoms. The molecule has 0 atom stereocenters. The predicted molar refractivity (Wildman–Crippen MR) is 77.7 cm³/mol. The van der Waals surface area contributed by atoms with Crippen molar-refractivity contribution in [2.75, 3.05) is 39.8 Å². The van der Waals surface area contributed by atoms with Gasteiger partial charge in [-0.1, -0.05) is 20.3 Å². The largest absolute Gasteiger partial charge is 0.329 e. The molecule has 2 rings (SSSR count). The van der Waals surface area contributed by atoms with E-state index in [4.69, 9.17) is 5.73 Å². The summed E-state index contributed by atoms with van der Waals surface area (Å²) in [4.78, 5) is 5.16. The molecule has 0 saturated carbocycles. The first-order valence-corrected chi connectivity index (χ1v) is 7.67. The highest BCUT2D eigenvalue weighted by atomic mass is 15.2. The molecule has 2 aliphatic heterocycles. The van der Waals surface area contributed by atoms with Crippen LogP contribution in [0, 0.1) is 5.41 Å². The second-order valence-electron chi connectivity index (χ2n) is 6.88. The third-order valence-electron chi connectivity index (χ3n) is 5.79. The van der Waals surface area contributed by atoms with Crippen molar-refractivity contribution in [1.29, 1.82) is 0 Å². The summed E-state index contributed by atoms with van der Waals surface area (Å²) in [6.07, 6.45) is 6.52. The molecule has 2 saturated heterocycles.